The van der Waals surface area contributed by atoms with E-state index in [2.05, 4.69) is 20.6 Å². The second kappa shape index (κ2) is 5.01. The molecule has 0 saturated carbocycles. The van der Waals surface area contributed by atoms with Crippen LogP contribution in [0.25, 0.3) is 0 Å². The van der Waals surface area contributed by atoms with E-state index in [4.69, 9.17) is 0 Å². The van der Waals surface area contributed by atoms with Crippen molar-refractivity contribution in [1.82, 2.24) is 20.2 Å². The van der Waals surface area contributed by atoms with E-state index in [-0.39, 0.29) is 12.2 Å². The Morgan fingerprint density at radius 3 is 2.74 bits per heavy atom. The summed E-state index contributed by atoms with van der Waals surface area (Å²) in [6.45, 7) is 1.39. The minimum Gasteiger partial charge on any atom is -0.372 e. The molecule has 3 amide bonds. The van der Waals surface area contributed by atoms with Gasteiger partial charge in [0, 0.05) is 7.05 Å². The van der Waals surface area contributed by atoms with Crippen LogP contribution in [0.3, 0.4) is 0 Å². The van der Waals surface area contributed by atoms with Crippen molar-refractivity contribution in [3.63, 3.8) is 0 Å². The third-order valence-corrected chi connectivity index (χ3v) is 2.81. The number of hydrogen-bond acceptors (Lipinski definition) is 6. The van der Waals surface area contributed by atoms with Crippen LogP contribution in [0.4, 0.5) is 5.82 Å². The van der Waals surface area contributed by atoms with Crippen LogP contribution in [0.2, 0.25) is 0 Å². The van der Waals surface area contributed by atoms with Crippen LogP contribution in [-0.4, -0.2) is 52.2 Å². The molecule has 2 rings (SSSR count). The van der Waals surface area contributed by atoms with Crippen molar-refractivity contribution in [1.29, 1.82) is 0 Å². The number of amides is 3. The number of nitrogens with one attached hydrogen (secondary N) is 2. The summed E-state index contributed by atoms with van der Waals surface area (Å²) in [5.41, 5.74) is 0.0911. The maximum atomic E-state index is 12.2. The Morgan fingerprint density at radius 2 is 2.16 bits per heavy atom. The smallest absolute Gasteiger partial charge is 0.275 e. The number of aromatic nitrogens is 2. The van der Waals surface area contributed by atoms with Crippen LogP contribution in [0.5, 0.6) is 0 Å². The highest BCUT2D eigenvalue weighted by Gasteiger charge is 2.34. The maximum Gasteiger partial charge on any atom is 0.275 e. The van der Waals surface area contributed by atoms with Crippen LogP contribution in [0.1, 0.15) is 17.4 Å². The Morgan fingerprint density at radius 1 is 1.42 bits per heavy atom. The highest BCUT2D eigenvalue weighted by Crippen LogP contribution is 2.10. The van der Waals surface area contributed by atoms with Crippen molar-refractivity contribution < 1.29 is 14.4 Å². The molecule has 2 heterocycles. The lowest BCUT2D eigenvalue weighted by atomic mass is 10.2. The van der Waals surface area contributed by atoms with Gasteiger partial charge in [-0.3, -0.25) is 19.7 Å². The first-order valence-corrected chi connectivity index (χ1v) is 5.67. The minimum absolute atomic E-state index is 0.0911. The van der Waals surface area contributed by atoms with E-state index in [1.54, 1.807) is 14.0 Å². The second-order valence-electron chi connectivity index (χ2n) is 4.06. The molecule has 1 aromatic rings. The van der Waals surface area contributed by atoms with E-state index in [0.717, 1.165) is 0 Å². The van der Waals surface area contributed by atoms with E-state index in [9.17, 15) is 14.4 Å². The monoisotopic (exact) mass is 263 g/mol. The minimum atomic E-state index is -0.712. The summed E-state index contributed by atoms with van der Waals surface area (Å²) in [5, 5.41) is 4.94. The molecule has 1 fully saturated rings. The fourth-order valence-electron chi connectivity index (χ4n) is 1.68. The summed E-state index contributed by atoms with van der Waals surface area (Å²) >= 11 is 0. The quantitative estimate of drug-likeness (QED) is 0.664. The third kappa shape index (κ3) is 2.51. The maximum absolute atomic E-state index is 12.2. The third-order valence-electron chi connectivity index (χ3n) is 2.81. The molecule has 1 unspecified atom stereocenters. The predicted octanol–water partition coefficient (Wildman–Crippen LogP) is -0.995. The van der Waals surface area contributed by atoms with Gasteiger partial charge in [0.15, 0.2) is 0 Å². The summed E-state index contributed by atoms with van der Waals surface area (Å²) in [6.07, 6.45) is 2.71. The van der Waals surface area contributed by atoms with Gasteiger partial charge in [0.25, 0.3) is 5.91 Å². The number of piperazine rings is 1. The Balaban J connectivity index is 2.22. The molecule has 19 heavy (non-hydrogen) atoms. The Bertz CT molecular complexity index is 528. The molecule has 0 bridgehead atoms. The summed E-state index contributed by atoms with van der Waals surface area (Å²) < 4.78 is 0. The first-order chi connectivity index (χ1) is 9.02. The molecule has 0 spiro atoms. The van der Waals surface area contributed by atoms with Crippen molar-refractivity contribution in [2.24, 2.45) is 0 Å². The fraction of sp³-hybridized carbons (Fsp3) is 0.364. The molecule has 1 aromatic heterocycles. The molecule has 0 radical (unpaired) electrons. The molecule has 1 saturated heterocycles. The number of carbonyl (C=O) groups is 3. The van der Waals surface area contributed by atoms with Gasteiger partial charge < -0.3 is 10.2 Å². The van der Waals surface area contributed by atoms with Crippen LogP contribution in [0, 0.1) is 0 Å². The Kier molecular flexibility index (Phi) is 3.41. The standard InChI is InChI=1S/C11H13N5O3/c1-6-10(18)15-9(17)5-16(6)11(19)7-3-14-8(12-2)4-13-7/h3-4,6H,5H2,1-2H3,(H,12,14)(H,15,17,18). The number of hydrogen-bond donors (Lipinski definition) is 2. The largest absolute Gasteiger partial charge is 0.372 e. The van der Waals surface area contributed by atoms with Crippen molar-refractivity contribution in [3.8, 4) is 0 Å². The summed E-state index contributed by atoms with van der Waals surface area (Å²) in [5.74, 6) is -0.969. The molecule has 2 N–H and O–H groups in total. The molecule has 0 aromatic carbocycles. The summed E-state index contributed by atoms with van der Waals surface area (Å²) in [4.78, 5) is 44.0. The molecular weight excluding hydrogens is 250 g/mol. The van der Waals surface area contributed by atoms with E-state index in [0.29, 0.717) is 5.82 Å². The van der Waals surface area contributed by atoms with Gasteiger partial charge in [-0.05, 0) is 6.92 Å². The zero-order valence-electron chi connectivity index (χ0n) is 10.5. The van der Waals surface area contributed by atoms with Crippen LogP contribution >= 0.6 is 0 Å². The van der Waals surface area contributed by atoms with E-state index in [1.165, 1.54) is 17.3 Å². The molecule has 100 valence electrons. The lowest BCUT2D eigenvalue weighted by Crippen LogP contribution is -2.58. The van der Waals surface area contributed by atoms with Gasteiger partial charge in [-0.15, -0.1) is 0 Å². The van der Waals surface area contributed by atoms with Gasteiger partial charge >= 0.3 is 0 Å². The predicted molar refractivity (Wildman–Crippen MR) is 65.2 cm³/mol. The van der Waals surface area contributed by atoms with Gasteiger partial charge in [-0.1, -0.05) is 0 Å². The van der Waals surface area contributed by atoms with E-state index >= 15 is 0 Å². The van der Waals surface area contributed by atoms with E-state index < -0.39 is 23.8 Å². The highest BCUT2D eigenvalue weighted by atomic mass is 16.2. The topological polar surface area (TPSA) is 104 Å². The van der Waals surface area contributed by atoms with Gasteiger partial charge in [-0.2, -0.15) is 0 Å². The molecule has 8 heteroatoms. The summed E-state index contributed by atoms with van der Waals surface area (Å²) in [6, 6.07) is -0.712. The molecule has 1 aliphatic heterocycles. The van der Waals surface area contributed by atoms with E-state index in [1.807, 2.05) is 0 Å². The molecule has 1 aliphatic rings. The highest BCUT2D eigenvalue weighted by molar-refractivity contribution is 6.06. The van der Waals surface area contributed by atoms with Crippen LogP contribution < -0.4 is 10.6 Å². The van der Waals surface area contributed by atoms with Crippen molar-refractivity contribution >= 4 is 23.5 Å². The second-order valence-corrected chi connectivity index (χ2v) is 4.06. The molecular formula is C11H13N5O3. The first kappa shape index (κ1) is 12.9. The lowest BCUT2D eigenvalue weighted by molar-refractivity contribution is -0.138. The zero-order valence-corrected chi connectivity index (χ0v) is 10.5. The number of anilines is 1. The summed E-state index contributed by atoms with van der Waals surface area (Å²) in [7, 11) is 1.68. The Hall–Kier alpha value is -2.51. The SMILES string of the molecule is CNc1cnc(C(=O)N2CC(=O)NC(=O)C2C)cn1. The number of imide groups is 1. The van der Waals surface area contributed by atoms with Crippen LogP contribution in [-0.2, 0) is 9.59 Å². The normalized spacial score (nSPS) is 19.1. The number of rotatable bonds is 2. The van der Waals surface area contributed by atoms with Gasteiger partial charge in [0.1, 0.15) is 24.1 Å². The van der Waals surface area contributed by atoms with Gasteiger partial charge in [-0.25, -0.2) is 9.97 Å². The van der Waals surface area contributed by atoms with Crippen LogP contribution in [0.15, 0.2) is 12.4 Å². The molecule has 8 nitrogen and oxygen atoms in total. The first-order valence-electron chi connectivity index (χ1n) is 5.67. The van der Waals surface area contributed by atoms with Crippen molar-refractivity contribution in [2.45, 2.75) is 13.0 Å². The number of nitrogens with zero attached hydrogens (tertiary/aromatic N) is 3. The van der Waals surface area contributed by atoms with Crippen molar-refractivity contribution in [3.05, 3.63) is 18.1 Å². The van der Waals surface area contributed by atoms with Crippen molar-refractivity contribution in [2.75, 3.05) is 18.9 Å². The zero-order chi connectivity index (χ0) is 14.0. The lowest BCUT2D eigenvalue weighted by Gasteiger charge is -2.31. The average molecular weight is 263 g/mol. The molecule has 1 atom stereocenters. The Labute approximate surface area is 109 Å². The number of carbonyl (C=O) groups excluding carboxylic acids is 3. The fourth-order valence-corrected chi connectivity index (χ4v) is 1.68. The molecule has 0 aliphatic carbocycles. The van der Waals surface area contributed by atoms with Gasteiger partial charge in [0.2, 0.25) is 11.8 Å². The van der Waals surface area contributed by atoms with Gasteiger partial charge in [0.05, 0.1) is 12.4 Å². The average Bonchev–Trinajstić information content (AvgIpc) is 2.42.